The Bertz CT molecular complexity index is 413. The van der Waals surface area contributed by atoms with Gasteiger partial charge in [-0.2, -0.15) is 0 Å². The van der Waals surface area contributed by atoms with Crippen molar-refractivity contribution in [3.8, 4) is 0 Å². The number of rotatable bonds is 8. The van der Waals surface area contributed by atoms with E-state index in [1.165, 1.54) is 13.2 Å². The predicted molar refractivity (Wildman–Crippen MR) is 68.0 cm³/mol. The lowest BCUT2D eigenvalue weighted by Gasteiger charge is -2.15. The Kier molecular flexibility index (Phi) is 7.45. The van der Waals surface area contributed by atoms with Crippen molar-refractivity contribution >= 4 is 21.6 Å². The molecule has 0 aromatic heterocycles. The molecule has 0 N–H and O–H groups in total. The van der Waals surface area contributed by atoms with E-state index in [1.54, 1.807) is 11.9 Å². The SMILES string of the molecule is CC(=O)/C=C/C(=O)OCCN(C)CCS(C)(=O)=O. The lowest BCUT2D eigenvalue weighted by Crippen LogP contribution is -2.29. The van der Waals surface area contributed by atoms with E-state index in [0.717, 1.165) is 12.2 Å². The third-order valence-corrected chi connectivity index (χ3v) is 2.94. The van der Waals surface area contributed by atoms with Gasteiger partial charge in [0, 0.05) is 25.4 Å². The smallest absolute Gasteiger partial charge is 0.330 e. The summed E-state index contributed by atoms with van der Waals surface area (Å²) in [5.41, 5.74) is 0. The van der Waals surface area contributed by atoms with Crippen LogP contribution in [0.15, 0.2) is 12.2 Å². The Morgan fingerprint density at radius 2 is 1.83 bits per heavy atom. The normalized spacial score (nSPS) is 12.0. The number of hydrogen-bond donors (Lipinski definition) is 0. The van der Waals surface area contributed by atoms with Crippen molar-refractivity contribution in [2.75, 3.05) is 38.8 Å². The van der Waals surface area contributed by atoms with Crippen LogP contribution < -0.4 is 0 Å². The molecule has 0 aliphatic carbocycles. The molecule has 0 heterocycles. The molecule has 0 spiro atoms. The molecule has 0 saturated carbocycles. The van der Waals surface area contributed by atoms with Gasteiger partial charge in [-0.25, -0.2) is 13.2 Å². The maximum atomic E-state index is 11.1. The highest BCUT2D eigenvalue weighted by atomic mass is 32.2. The molecule has 18 heavy (non-hydrogen) atoms. The first-order valence-corrected chi connectivity index (χ1v) is 7.48. The van der Waals surface area contributed by atoms with Crippen LogP contribution in [0.4, 0.5) is 0 Å². The number of esters is 1. The minimum atomic E-state index is -2.98. The Morgan fingerprint density at radius 3 is 2.33 bits per heavy atom. The molecule has 0 saturated heterocycles. The zero-order valence-corrected chi connectivity index (χ0v) is 11.7. The van der Waals surface area contributed by atoms with Gasteiger partial charge in [0.15, 0.2) is 5.78 Å². The highest BCUT2D eigenvalue weighted by molar-refractivity contribution is 7.90. The van der Waals surface area contributed by atoms with Gasteiger partial charge in [-0.3, -0.25) is 4.79 Å². The first kappa shape index (κ1) is 16.8. The summed E-state index contributed by atoms with van der Waals surface area (Å²) >= 11 is 0. The van der Waals surface area contributed by atoms with Crippen LogP contribution in [0.3, 0.4) is 0 Å². The molecule has 0 radical (unpaired) electrons. The van der Waals surface area contributed by atoms with Crippen LogP contribution in [-0.2, 0) is 24.2 Å². The van der Waals surface area contributed by atoms with E-state index >= 15 is 0 Å². The summed E-state index contributed by atoms with van der Waals surface area (Å²) in [6.45, 7) is 2.32. The van der Waals surface area contributed by atoms with E-state index in [9.17, 15) is 18.0 Å². The van der Waals surface area contributed by atoms with Crippen LogP contribution in [-0.4, -0.2) is 63.8 Å². The van der Waals surface area contributed by atoms with E-state index in [1.807, 2.05) is 0 Å². The number of ether oxygens (including phenoxy) is 1. The second-order valence-electron chi connectivity index (χ2n) is 4.04. The summed E-state index contributed by atoms with van der Waals surface area (Å²) in [6.07, 6.45) is 3.38. The van der Waals surface area contributed by atoms with Gasteiger partial charge in [0.25, 0.3) is 0 Å². The first-order chi connectivity index (χ1) is 8.20. The molecule has 0 amide bonds. The number of likely N-dealkylation sites (N-methyl/N-ethyl adjacent to an activating group) is 1. The standard InChI is InChI=1S/C11H19NO5S/c1-10(13)4-5-11(14)17-8-6-12(2)7-9-18(3,15)16/h4-5H,6-9H2,1-3H3/b5-4+. The van der Waals surface area contributed by atoms with Crippen LogP contribution in [0.25, 0.3) is 0 Å². The molecule has 0 aliphatic heterocycles. The van der Waals surface area contributed by atoms with Crippen molar-refractivity contribution in [2.24, 2.45) is 0 Å². The number of carbonyl (C=O) groups excluding carboxylic acids is 2. The average molecular weight is 277 g/mol. The van der Waals surface area contributed by atoms with E-state index < -0.39 is 15.8 Å². The molecule has 0 unspecified atom stereocenters. The summed E-state index contributed by atoms with van der Waals surface area (Å²) < 4.78 is 26.7. The van der Waals surface area contributed by atoms with Crippen molar-refractivity contribution in [3.63, 3.8) is 0 Å². The van der Waals surface area contributed by atoms with Gasteiger partial charge in [-0.15, -0.1) is 0 Å². The fourth-order valence-electron chi connectivity index (χ4n) is 0.969. The van der Waals surface area contributed by atoms with Crippen molar-refractivity contribution < 1.29 is 22.7 Å². The average Bonchev–Trinajstić information content (AvgIpc) is 2.22. The monoisotopic (exact) mass is 277 g/mol. The van der Waals surface area contributed by atoms with Gasteiger partial charge in [-0.05, 0) is 20.0 Å². The van der Waals surface area contributed by atoms with Crippen LogP contribution in [0.5, 0.6) is 0 Å². The largest absolute Gasteiger partial charge is 0.461 e. The third-order valence-electron chi connectivity index (χ3n) is 2.02. The zero-order chi connectivity index (χ0) is 14.2. The number of ketones is 1. The Balaban J connectivity index is 3.78. The van der Waals surface area contributed by atoms with Gasteiger partial charge in [0.05, 0.1) is 5.75 Å². The molecular weight excluding hydrogens is 258 g/mol. The Labute approximate surface area is 108 Å². The van der Waals surface area contributed by atoms with Gasteiger partial charge >= 0.3 is 5.97 Å². The number of hydrogen-bond acceptors (Lipinski definition) is 6. The number of carbonyl (C=O) groups is 2. The molecule has 0 aliphatic rings. The third kappa shape index (κ3) is 11.3. The van der Waals surface area contributed by atoms with Gasteiger partial charge in [-0.1, -0.05) is 0 Å². The molecule has 0 fully saturated rings. The second kappa shape index (κ2) is 7.99. The molecule has 104 valence electrons. The molecule has 0 atom stereocenters. The molecule has 0 rings (SSSR count). The molecule has 0 bridgehead atoms. The van der Waals surface area contributed by atoms with Crippen LogP contribution >= 0.6 is 0 Å². The minimum absolute atomic E-state index is 0.0711. The van der Waals surface area contributed by atoms with Crippen molar-refractivity contribution in [1.29, 1.82) is 0 Å². The topological polar surface area (TPSA) is 80.8 Å². The zero-order valence-electron chi connectivity index (χ0n) is 10.9. The van der Waals surface area contributed by atoms with Crippen LogP contribution in [0.2, 0.25) is 0 Å². The molecule has 7 heteroatoms. The maximum Gasteiger partial charge on any atom is 0.330 e. The minimum Gasteiger partial charge on any atom is -0.461 e. The van der Waals surface area contributed by atoms with Crippen LogP contribution in [0.1, 0.15) is 6.92 Å². The summed E-state index contributed by atoms with van der Waals surface area (Å²) in [4.78, 5) is 23.4. The van der Waals surface area contributed by atoms with Gasteiger partial charge in [0.1, 0.15) is 16.4 Å². The van der Waals surface area contributed by atoms with Gasteiger partial charge in [0.2, 0.25) is 0 Å². The van der Waals surface area contributed by atoms with E-state index in [-0.39, 0.29) is 18.1 Å². The highest BCUT2D eigenvalue weighted by Crippen LogP contribution is 1.89. The molecule has 0 aromatic carbocycles. The Hall–Kier alpha value is -1.21. The van der Waals surface area contributed by atoms with Crippen molar-refractivity contribution in [1.82, 2.24) is 4.90 Å². The maximum absolute atomic E-state index is 11.1. The highest BCUT2D eigenvalue weighted by Gasteiger charge is 2.06. The lowest BCUT2D eigenvalue weighted by atomic mass is 10.4. The first-order valence-electron chi connectivity index (χ1n) is 5.42. The molecule has 0 aromatic rings. The fraction of sp³-hybridized carbons (Fsp3) is 0.636. The quantitative estimate of drug-likeness (QED) is 0.446. The summed E-state index contributed by atoms with van der Waals surface area (Å²) in [5, 5.41) is 0. The molecular formula is C11H19NO5S. The van der Waals surface area contributed by atoms with Crippen LogP contribution in [0, 0.1) is 0 Å². The molecule has 6 nitrogen and oxygen atoms in total. The Morgan fingerprint density at radius 1 is 1.22 bits per heavy atom. The number of sulfone groups is 1. The van der Waals surface area contributed by atoms with E-state index in [2.05, 4.69) is 0 Å². The van der Waals surface area contributed by atoms with E-state index in [4.69, 9.17) is 4.74 Å². The summed E-state index contributed by atoms with van der Waals surface area (Å²) in [6, 6.07) is 0. The van der Waals surface area contributed by atoms with Gasteiger partial charge < -0.3 is 9.64 Å². The second-order valence-corrected chi connectivity index (χ2v) is 6.30. The number of nitrogens with zero attached hydrogens (tertiary/aromatic N) is 1. The summed E-state index contributed by atoms with van der Waals surface area (Å²) in [5.74, 6) is -0.735. The van der Waals surface area contributed by atoms with Crippen molar-refractivity contribution in [3.05, 3.63) is 12.2 Å². The van der Waals surface area contributed by atoms with E-state index in [0.29, 0.717) is 13.1 Å². The predicted octanol–water partition coefficient (Wildman–Crippen LogP) is -0.349. The number of allylic oxidation sites excluding steroid dienone is 1. The van der Waals surface area contributed by atoms with Crippen molar-refractivity contribution in [2.45, 2.75) is 6.92 Å². The fourth-order valence-corrected chi connectivity index (χ4v) is 1.61. The lowest BCUT2D eigenvalue weighted by molar-refractivity contribution is -0.138. The summed E-state index contributed by atoms with van der Waals surface area (Å²) in [7, 11) is -1.24.